The van der Waals surface area contributed by atoms with E-state index >= 15 is 0 Å². The van der Waals surface area contributed by atoms with Crippen molar-refractivity contribution in [2.45, 2.75) is 6.54 Å². The van der Waals surface area contributed by atoms with Gasteiger partial charge in [0, 0.05) is 10.9 Å². The summed E-state index contributed by atoms with van der Waals surface area (Å²) in [4.78, 5) is 13.5. The molecular weight excluding hydrogens is 554 g/mol. The molecule has 2 aromatic heterocycles. The number of ether oxygens (including phenoxy) is 2. The van der Waals surface area contributed by atoms with Crippen molar-refractivity contribution >= 4 is 17.1 Å². The van der Waals surface area contributed by atoms with E-state index in [9.17, 15) is 4.79 Å². The van der Waals surface area contributed by atoms with Crippen molar-refractivity contribution in [3.63, 3.8) is 0 Å². The van der Waals surface area contributed by atoms with Crippen molar-refractivity contribution in [1.29, 1.82) is 0 Å². The Bertz CT molecular complexity index is 1400. The molecule has 6 nitrogen and oxygen atoms in total. The maximum Gasteiger partial charge on any atom is 2.00 e. The summed E-state index contributed by atoms with van der Waals surface area (Å²) in [6.45, 7) is 0.642. The van der Waals surface area contributed by atoms with Crippen LogP contribution in [-0.4, -0.2) is 27.9 Å². The van der Waals surface area contributed by atoms with E-state index < -0.39 is 0 Å². The van der Waals surface area contributed by atoms with Crippen LogP contribution in [0.5, 0.6) is 11.5 Å². The minimum Gasteiger partial charge on any atom is -0.493 e. The van der Waals surface area contributed by atoms with E-state index in [0.717, 1.165) is 22.9 Å². The van der Waals surface area contributed by atoms with Crippen LogP contribution in [0.2, 0.25) is 5.02 Å². The molecule has 0 aliphatic heterocycles. The zero-order valence-electron chi connectivity index (χ0n) is 21.2. The topological polar surface area (TPSA) is 57.8 Å². The van der Waals surface area contributed by atoms with E-state index in [4.69, 9.17) is 21.1 Å². The van der Waals surface area contributed by atoms with Crippen molar-refractivity contribution in [2.75, 3.05) is 13.7 Å². The molecule has 4 aromatic rings. The van der Waals surface area contributed by atoms with E-state index in [2.05, 4.69) is 5.10 Å². The third-order valence-corrected chi connectivity index (χ3v) is 6.28. The number of benzene rings is 2. The summed E-state index contributed by atoms with van der Waals surface area (Å²) in [5.74, 6) is 2.25. The molecule has 2 saturated carbocycles. The summed E-state index contributed by atoms with van der Waals surface area (Å²) in [6, 6.07) is 16.7. The van der Waals surface area contributed by atoms with Crippen molar-refractivity contribution in [1.82, 2.24) is 14.2 Å². The molecule has 2 aliphatic carbocycles. The predicted molar refractivity (Wildman–Crippen MR) is 149 cm³/mol. The first-order valence-electron chi connectivity index (χ1n) is 12.2. The molecule has 2 aliphatic rings. The zero-order chi connectivity index (χ0) is 26.3. The SMILES string of the molecule is COc1ccccc1OCCn1c(-c2ccc(Cl)cc2)cn2nc([C]3[CH][CH][CH][CH]3)cc2c1=O.[CH]1[CH][CH][CH][CH]1.[Fe+2]. The van der Waals surface area contributed by atoms with Crippen LogP contribution in [0.1, 0.15) is 5.69 Å². The summed E-state index contributed by atoms with van der Waals surface area (Å²) in [6.07, 6.45) is 19.7. The van der Waals surface area contributed by atoms with Crippen molar-refractivity contribution in [3.8, 4) is 22.8 Å². The average Bonchev–Trinajstić information content (AvgIpc) is 3.74. The van der Waals surface area contributed by atoms with Gasteiger partial charge in [0.05, 0.1) is 31.2 Å². The molecule has 0 amide bonds. The Hall–Kier alpha value is -2.73. The van der Waals surface area contributed by atoms with Crippen molar-refractivity contribution < 1.29 is 26.5 Å². The van der Waals surface area contributed by atoms with Crippen LogP contribution in [0.4, 0.5) is 0 Å². The fourth-order valence-electron chi connectivity index (χ4n) is 4.15. The Morgan fingerprint density at radius 2 is 1.51 bits per heavy atom. The Morgan fingerprint density at radius 3 is 2.15 bits per heavy atom. The molecule has 10 radical (unpaired) electrons. The molecule has 0 unspecified atom stereocenters. The van der Waals surface area contributed by atoms with Gasteiger partial charge in [0.15, 0.2) is 11.5 Å². The summed E-state index contributed by atoms with van der Waals surface area (Å²) in [7, 11) is 1.60. The first kappa shape index (κ1) is 29.3. The standard InChI is InChI=1S/C26H21ClN3O3.C5H5.Fe/c1-32-24-8-4-5-9-25(24)33-15-14-29-23(19-10-12-20(27)13-11-19)17-30-22(26(29)31)16-21(28-30)18-6-2-3-7-18;1-2-4-5-3-1;/h2-13,16-17H,14-15H2,1H3;1-5H;/q;;+2. The number of methoxy groups -OCH3 is 1. The molecule has 0 saturated heterocycles. The largest absolute Gasteiger partial charge is 2.00 e. The minimum absolute atomic E-state index is 0. The van der Waals surface area contributed by atoms with Crippen molar-refractivity contribution in [2.24, 2.45) is 0 Å². The summed E-state index contributed by atoms with van der Waals surface area (Å²) >= 11 is 6.09. The zero-order valence-corrected chi connectivity index (χ0v) is 23.0. The van der Waals surface area contributed by atoms with E-state index in [-0.39, 0.29) is 22.6 Å². The molecule has 196 valence electrons. The second-order valence-electron chi connectivity index (χ2n) is 8.47. The molecule has 0 spiro atoms. The second kappa shape index (κ2) is 14.1. The van der Waals surface area contributed by atoms with Gasteiger partial charge >= 0.3 is 17.1 Å². The van der Waals surface area contributed by atoms with Gasteiger partial charge in [-0.15, -0.1) is 0 Å². The Morgan fingerprint density at radius 1 is 0.872 bits per heavy atom. The van der Waals surface area contributed by atoms with Gasteiger partial charge in [-0.05, 0) is 93.7 Å². The van der Waals surface area contributed by atoms with Gasteiger partial charge in [-0.3, -0.25) is 4.79 Å². The van der Waals surface area contributed by atoms with Gasteiger partial charge < -0.3 is 14.0 Å². The van der Waals surface area contributed by atoms with Gasteiger partial charge in [-0.2, -0.15) is 5.10 Å². The third-order valence-electron chi connectivity index (χ3n) is 6.03. The fourth-order valence-corrected chi connectivity index (χ4v) is 4.28. The van der Waals surface area contributed by atoms with E-state index in [0.29, 0.717) is 35.2 Å². The van der Waals surface area contributed by atoms with E-state index in [1.807, 2.05) is 106 Å². The van der Waals surface area contributed by atoms with Crippen LogP contribution in [0, 0.1) is 63.7 Å². The van der Waals surface area contributed by atoms with Crippen LogP contribution in [0.25, 0.3) is 16.8 Å². The van der Waals surface area contributed by atoms with Crippen LogP contribution in [0.15, 0.2) is 65.6 Å². The van der Waals surface area contributed by atoms with Gasteiger partial charge in [0.25, 0.3) is 5.56 Å². The minimum atomic E-state index is -0.142. The second-order valence-corrected chi connectivity index (χ2v) is 8.91. The number of halogens is 1. The van der Waals surface area contributed by atoms with Gasteiger partial charge in [0.2, 0.25) is 0 Å². The molecule has 2 aromatic carbocycles. The monoisotopic (exact) mass is 579 g/mol. The Balaban J connectivity index is 0.000000530. The number of aromatic nitrogens is 3. The number of hydrogen-bond acceptors (Lipinski definition) is 4. The number of rotatable bonds is 7. The quantitative estimate of drug-likeness (QED) is 0.265. The third kappa shape index (κ3) is 7.08. The first-order chi connectivity index (χ1) is 18.6. The Kier molecular flexibility index (Phi) is 10.6. The molecule has 6 rings (SSSR count). The van der Waals surface area contributed by atoms with Gasteiger partial charge in [0.1, 0.15) is 12.1 Å². The summed E-state index contributed by atoms with van der Waals surface area (Å²) < 4.78 is 14.7. The number of hydrogen-bond donors (Lipinski definition) is 0. The number of para-hydroxylation sites is 2. The molecule has 2 heterocycles. The molecule has 8 heteroatoms. The smallest absolute Gasteiger partial charge is 0.493 e. The van der Waals surface area contributed by atoms with Gasteiger partial charge in [-0.1, -0.05) is 35.9 Å². The summed E-state index contributed by atoms with van der Waals surface area (Å²) in [5.41, 5.74) is 2.70. The van der Waals surface area contributed by atoms with Crippen LogP contribution in [-0.2, 0) is 23.6 Å². The van der Waals surface area contributed by atoms with Crippen molar-refractivity contribution in [3.05, 3.63) is 146 Å². The summed E-state index contributed by atoms with van der Waals surface area (Å²) in [5, 5.41) is 5.27. The molecular formula is C31H26ClFeN3O3+2. The van der Waals surface area contributed by atoms with Crippen LogP contribution < -0.4 is 15.0 Å². The fraction of sp³-hybridized carbons (Fsp3) is 0.0968. The first-order valence-corrected chi connectivity index (χ1v) is 12.6. The molecule has 0 atom stereocenters. The maximum absolute atomic E-state index is 13.5. The van der Waals surface area contributed by atoms with Crippen LogP contribution >= 0.6 is 11.6 Å². The average molecular weight is 580 g/mol. The molecule has 39 heavy (non-hydrogen) atoms. The molecule has 2 fully saturated rings. The molecule has 0 bridgehead atoms. The molecule has 0 N–H and O–H groups in total. The van der Waals surface area contributed by atoms with E-state index in [1.54, 1.807) is 28.3 Å². The number of nitrogens with zero attached hydrogens (tertiary/aromatic N) is 3. The number of fused-ring (bicyclic) bond motifs is 1. The maximum atomic E-state index is 13.5. The van der Waals surface area contributed by atoms with Crippen LogP contribution in [0.3, 0.4) is 0 Å². The normalized spacial score (nSPS) is 15.0. The van der Waals surface area contributed by atoms with Gasteiger partial charge in [-0.25, -0.2) is 4.52 Å². The Labute approximate surface area is 245 Å². The van der Waals surface area contributed by atoms with E-state index in [1.165, 1.54) is 0 Å². The predicted octanol–water partition coefficient (Wildman–Crippen LogP) is 5.68.